The molecule has 1 aromatic carbocycles. The predicted octanol–water partition coefficient (Wildman–Crippen LogP) is 2.64. The monoisotopic (exact) mass is 214 g/mol. The molecule has 0 bridgehead atoms. The van der Waals surface area contributed by atoms with Crippen LogP contribution in [0.5, 0.6) is 0 Å². The maximum atomic E-state index is 12.3. The molecule has 0 N–H and O–H groups in total. The summed E-state index contributed by atoms with van der Waals surface area (Å²) < 4.78 is 36.9. The average molecular weight is 214 g/mol. The van der Waals surface area contributed by atoms with E-state index in [2.05, 4.69) is 0 Å². The van der Waals surface area contributed by atoms with E-state index in [0.717, 1.165) is 12.1 Å². The maximum Gasteiger partial charge on any atom is 0.416 e. The van der Waals surface area contributed by atoms with Gasteiger partial charge in [-0.25, -0.2) is 0 Å². The minimum absolute atomic E-state index is 0.0230. The van der Waals surface area contributed by atoms with Crippen LogP contribution in [0.4, 0.5) is 18.9 Å². The Labute approximate surface area is 85.5 Å². The number of halogens is 3. The summed E-state index contributed by atoms with van der Waals surface area (Å²) in [7, 11) is 3.34. The fraction of sp³-hybridized carbons (Fsp3) is 0.300. The van der Waals surface area contributed by atoms with Gasteiger partial charge >= 0.3 is 6.18 Å². The molecule has 80 valence electrons. The smallest absolute Gasteiger partial charge is 0.377 e. The molecule has 0 radical (unpaired) electrons. The van der Waals surface area contributed by atoms with Crippen LogP contribution < -0.4 is 4.90 Å². The molecule has 5 heteroatoms. The van der Waals surface area contributed by atoms with Crippen molar-refractivity contribution in [3.8, 4) is 6.07 Å². The minimum Gasteiger partial charge on any atom is -0.377 e. The van der Waals surface area contributed by atoms with Gasteiger partial charge in [0.1, 0.15) is 6.07 Å². The van der Waals surface area contributed by atoms with Gasteiger partial charge in [-0.15, -0.1) is 0 Å². The van der Waals surface area contributed by atoms with Crippen molar-refractivity contribution in [3.05, 3.63) is 29.3 Å². The highest BCUT2D eigenvalue weighted by molar-refractivity contribution is 5.59. The zero-order valence-electron chi connectivity index (χ0n) is 8.26. The van der Waals surface area contributed by atoms with Crippen molar-refractivity contribution >= 4 is 5.69 Å². The molecule has 0 fully saturated rings. The summed E-state index contributed by atoms with van der Waals surface area (Å²) >= 11 is 0. The van der Waals surface area contributed by atoms with E-state index in [1.807, 2.05) is 0 Å². The van der Waals surface area contributed by atoms with Crippen LogP contribution in [-0.2, 0) is 6.18 Å². The first-order valence-corrected chi connectivity index (χ1v) is 4.15. The van der Waals surface area contributed by atoms with Crippen LogP contribution in [0.3, 0.4) is 0 Å². The van der Waals surface area contributed by atoms with Gasteiger partial charge in [0.15, 0.2) is 0 Å². The molecule has 0 unspecified atom stereocenters. The molecule has 0 saturated heterocycles. The van der Waals surface area contributed by atoms with Gasteiger partial charge in [-0.3, -0.25) is 0 Å². The SMILES string of the molecule is CN(C)c1ccc(C(F)(F)F)cc1C#N. The summed E-state index contributed by atoms with van der Waals surface area (Å²) in [6, 6.07) is 4.87. The van der Waals surface area contributed by atoms with Crippen molar-refractivity contribution in [2.45, 2.75) is 6.18 Å². The topological polar surface area (TPSA) is 27.0 Å². The van der Waals surface area contributed by atoms with E-state index >= 15 is 0 Å². The number of alkyl halides is 3. The van der Waals surface area contributed by atoms with E-state index in [1.165, 1.54) is 6.07 Å². The summed E-state index contributed by atoms with van der Waals surface area (Å²) in [5.74, 6) is 0. The second kappa shape index (κ2) is 3.81. The van der Waals surface area contributed by atoms with Gasteiger partial charge in [-0.2, -0.15) is 18.4 Å². The average Bonchev–Trinajstić information content (AvgIpc) is 2.15. The lowest BCUT2D eigenvalue weighted by Gasteiger charge is -2.15. The molecule has 0 amide bonds. The molecule has 0 heterocycles. The maximum absolute atomic E-state index is 12.3. The van der Waals surface area contributed by atoms with Crippen molar-refractivity contribution in [1.29, 1.82) is 5.26 Å². The molecule has 0 aliphatic heterocycles. The van der Waals surface area contributed by atoms with Gasteiger partial charge in [-0.1, -0.05) is 0 Å². The molecule has 0 spiro atoms. The van der Waals surface area contributed by atoms with Crippen molar-refractivity contribution < 1.29 is 13.2 Å². The molecule has 15 heavy (non-hydrogen) atoms. The Hall–Kier alpha value is -1.70. The molecule has 0 aromatic heterocycles. The van der Waals surface area contributed by atoms with Gasteiger partial charge in [0.2, 0.25) is 0 Å². The normalized spacial score (nSPS) is 10.9. The number of benzene rings is 1. The number of rotatable bonds is 1. The summed E-state index contributed by atoms with van der Waals surface area (Å²) in [4.78, 5) is 1.60. The van der Waals surface area contributed by atoms with Crippen molar-refractivity contribution in [1.82, 2.24) is 0 Å². The number of nitrogens with zero attached hydrogens (tertiary/aromatic N) is 2. The third kappa shape index (κ3) is 2.40. The lowest BCUT2D eigenvalue weighted by atomic mass is 10.1. The fourth-order valence-corrected chi connectivity index (χ4v) is 1.19. The van der Waals surface area contributed by atoms with Gasteiger partial charge in [-0.05, 0) is 18.2 Å². The van der Waals surface area contributed by atoms with Crippen LogP contribution in [0, 0.1) is 11.3 Å². The Balaban J connectivity index is 3.27. The van der Waals surface area contributed by atoms with Crippen LogP contribution >= 0.6 is 0 Å². The van der Waals surface area contributed by atoms with Crippen molar-refractivity contribution in [2.75, 3.05) is 19.0 Å². The van der Waals surface area contributed by atoms with E-state index in [-0.39, 0.29) is 5.56 Å². The summed E-state index contributed by atoms with van der Waals surface area (Å²) in [5, 5.41) is 8.71. The molecule has 1 rings (SSSR count). The van der Waals surface area contributed by atoms with Crippen LogP contribution in [-0.4, -0.2) is 14.1 Å². The first-order chi connectivity index (χ1) is 6.86. The zero-order valence-corrected chi connectivity index (χ0v) is 8.26. The third-order valence-corrected chi connectivity index (χ3v) is 1.93. The van der Waals surface area contributed by atoms with Crippen LogP contribution in [0.15, 0.2) is 18.2 Å². The third-order valence-electron chi connectivity index (χ3n) is 1.93. The number of hydrogen-bond acceptors (Lipinski definition) is 2. The Morgan fingerprint density at radius 3 is 2.27 bits per heavy atom. The van der Waals surface area contributed by atoms with Crippen LogP contribution in [0.25, 0.3) is 0 Å². The van der Waals surface area contributed by atoms with E-state index in [0.29, 0.717) is 5.69 Å². The summed E-state index contributed by atoms with van der Waals surface area (Å²) in [6.45, 7) is 0. The first-order valence-electron chi connectivity index (χ1n) is 4.15. The van der Waals surface area contributed by atoms with Crippen molar-refractivity contribution in [3.63, 3.8) is 0 Å². The largest absolute Gasteiger partial charge is 0.416 e. The zero-order chi connectivity index (χ0) is 11.6. The van der Waals surface area contributed by atoms with Gasteiger partial charge in [0.25, 0.3) is 0 Å². The summed E-state index contributed by atoms with van der Waals surface area (Å²) in [6.07, 6.45) is -4.41. The van der Waals surface area contributed by atoms with Gasteiger partial charge in [0, 0.05) is 14.1 Å². The minimum atomic E-state index is -4.41. The second-order valence-corrected chi connectivity index (χ2v) is 3.24. The highest BCUT2D eigenvalue weighted by atomic mass is 19.4. The molecule has 0 aliphatic rings. The Morgan fingerprint density at radius 1 is 1.27 bits per heavy atom. The number of hydrogen-bond donors (Lipinski definition) is 0. The molecular weight excluding hydrogens is 205 g/mol. The number of anilines is 1. The molecular formula is C10H9F3N2. The Bertz CT molecular complexity index is 402. The first kappa shape index (κ1) is 11.4. The standard InChI is InChI=1S/C10H9F3N2/c1-15(2)9-4-3-8(10(11,12)13)5-7(9)6-14/h3-5H,1-2H3. The van der Waals surface area contributed by atoms with Crippen molar-refractivity contribution in [2.24, 2.45) is 0 Å². The van der Waals surface area contributed by atoms with E-state index in [4.69, 9.17) is 5.26 Å². The quantitative estimate of drug-likeness (QED) is 0.718. The predicted molar refractivity (Wildman–Crippen MR) is 50.5 cm³/mol. The Morgan fingerprint density at radius 2 is 1.87 bits per heavy atom. The molecule has 1 aromatic rings. The second-order valence-electron chi connectivity index (χ2n) is 3.24. The molecule has 0 aliphatic carbocycles. The van der Waals surface area contributed by atoms with E-state index in [1.54, 1.807) is 25.1 Å². The van der Waals surface area contributed by atoms with E-state index in [9.17, 15) is 13.2 Å². The van der Waals surface area contributed by atoms with Crippen LogP contribution in [0.2, 0.25) is 0 Å². The highest BCUT2D eigenvalue weighted by Gasteiger charge is 2.31. The Kier molecular flexibility index (Phi) is 2.89. The summed E-state index contributed by atoms with van der Waals surface area (Å²) in [5.41, 5.74) is -0.301. The van der Waals surface area contributed by atoms with Gasteiger partial charge < -0.3 is 4.90 Å². The van der Waals surface area contributed by atoms with Crippen LogP contribution in [0.1, 0.15) is 11.1 Å². The lowest BCUT2D eigenvalue weighted by molar-refractivity contribution is -0.137. The molecule has 0 saturated carbocycles. The number of nitriles is 1. The molecule has 2 nitrogen and oxygen atoms in total. The highest BCUT2D eigenvalue weighted by Crippen LogP contribution is 2.32. The van der Waals surface area contributed by atoms with Gasteiger partial charge in [0.05, 0.1) is 16.8 Å². The lowest BCUT2D eigenvalue weighted by Crippen LogP contribution is -2.12. The fourth-order valence-electron chi connectivity index (χ4n) is 1.19. The van der Waals surface area contributed by atoms with E-state index < -0.39 is 11.7 Å². The molecule has 0 atom stereocenters.